The van der Waals surface area contributed by atoms with Crippen LogP contribution in [0.25, 0.3) is 0 Å². The molecule has 0 aromatic heterocycles. The van der Waals surface area contributed by atoms with Crippen LogP contribution < -0.4 is 5.32 Å². The van der Waals surface area contributed by atoms with E-state index in [0.29, 0.717) is 18.5 Å². The molecule has 0 unspecified atom stereocenters. The first-order valence-corrected chi connectivity index (χ1v) is 6.83. The first kappa shape index (κ1) is 13.5. The Morgan fingerprint density at radius 3 is 2.67 bits per heavy atom. The first-order valence-electron chi connectivity index (χ1n) is 6.83. The van der Waals surface area contributed by atoms with Crippen molar-refractivity contribution in [3.8, 4) is 0 Å². The minimum Gasteiger partial charge on any atom is -0.326 e. The Hall–Kier alpha value is -2.49. The van der Waals surface area contributed by atoms with E-state index < -0.39 is 5.82 Å². The van der Waals surface area contributed by atoms with Gasteiger partial charge in [0, 0.05) is 18.5 Å². The Morgan fingerprint density at radius 1 is 1.14 bits per heavy atom. The number of ketones is 1. The molecule has 0 spiro atoms. The normalized spacial score (nSPS) is 13.5. The summed E-state index contributed by atoms with van der Waals surface area (Å²) >= 11 is 0. The smallest absolute Gasteiger partial charge is 0.224 e. The van der Waals surface area contributed by atoms with Gasteiger partial charge in [-0.1, -0.05) is 30.3 Å². The van der Waals surface area contributed by atoms with Gasteiger partial charge in [-0.2, -0.15) is 0 Å². The van der Waals surface area contributed by atoms with Crippen LogP contribution in [-0.2, 0) is 17.6 Å². The molecule has 3 rings (SSSR count). The van der Waals surface area contributed by atoms with Gasteiger partial charge in [-0.05, 0) is 29.7 Å². The number of Topliss-reactive ketones (excluding diaryl/α,β-unsaturated/α-hetero) is 1. The maximum absolute atomic E-state index is 14.1. The molecule has 1 N–H and O–H groups in total. The quantitative estimate of drug-likeness (QED) is 0.880. The van der Waals surface area contributed by atoms with Gasteiger partial charge in [0.15, 0.2) is 5.78 Å². The molecule has 3 nitrogen and oxygen atoms in total. The fourth-order valence-electron chi connectivity index (χ4n) is 2.49. The highest BCUT2D eigenvalue weighted by Gasteiger charge is 2.20. The third-order valence-corrected chi connectivity index (χ3v) is 3.60. The van der Waals surface area contributed by atoms with Gasteiger partial charge in [-0.3, -0.25) is 9.59 Å². The summed E-state index contributed by atoms with van der Waals surface area (Å²) < 4.78 is 14.1. The van der Waals surface area contributed by atoms with Crippen LogP contribution in [0.2, 0.25) is 0 Å². The highest BCUT2D eigenvalue weighted by Crippen LogP contribution is 2.26. The molecule has 21 heavy (non-hydrogen) atoms. The maximum atomic E-state index is 14.1. The van der Waals surface area contributed by atoms with E-state index in [1.54, 1.807) is 6.07 Å². The van der Waals surface area contributed by atoms with E-state index in [0.717, 1.165) is 11.1 Å². The summed E-state index contributed by atoms with van der Waals surface area (Å²) in [4.78, 5) is 23.6. The Kier molecular flexibility index (Phi) is 3.52. The first-order chi connectivity index (χ1) is 10.1. The Bertz CT molecular complexity index is 710. The van der Waals surface area contributed by atoms with Gasteiger partial charge in [0.1, 0.15) is 5.82 Å². The van der Waals surface area contributed by atoms with Gasteiger partial charge in [0.2, 0.25) is 5.91 Å². The topological polar surface area (TPSA) is 46.2 Å². The maximum Gasteiger partial charge on any atom is 0.224 e. The second kappa shape index (κ2) is 5.48. The largest absolute Gasteiger partial charge is 0.326 e. The molecule has 1 aliphatic heterocycles. The lowest BCUT2D eigenvalue weighted by atomic mass is 9.96. The van der Waals surface area contributed by atoms with Crippen molar-refractivity contribution < 1.29 is 14.0 Å². The third kappa shape index (κ3) is 2.84. The monoisotopic (exact) mass is 283 g/mol. The van der Waals surface area contributed by atoms with Crippen LogP contribution in [0.1, 0.15) is 27.9 Å². The number of benzene rings is 2. The van der Waals surface area contributed by atoms with Crippen LogP contribution in [0.5, 0.6) is 0 Å². The van der Waals surface area contributed by atoms with Crippen molar-refractivity contribution in [2.24, 2.45) is 0 Å². The molecule has 0 radical (unpaired) electrons. The van der Waals surface area contributed by atoms with Crippen molar-refractivity contribution >= 4 is 17.4 Å². The second-order valence-electron chi connectivity index (χ2n) is 5.12. The number of aryl methyl sites for hydroxylation is 1. The zero-order valence-electron chi connectivity index (χ0n) is 11.4. The number of anilines is 1. The van der Waals surface area contributed by atoms with Crippen molar-refractivity contribution in [2.45, 2.75) is 19.3 Å². The molecule has 2 aromatic carbocycles. The van der Waals surface area contributed by atoms with Crippen LogP contribution >= 0.6 is 0 Å². The van der Waals surface area contributed by atoms with Gasteiger partial charge in [-0.25, -0.2) is 4.39 Å². The molecule has 0 aliphatic carbocycles. The number of nitrogens with one attached hydrogen (secondary N) is 1. The van der Waals surface area contributed by atoms with Crippen molar-refractivity contribution in [3.05, 3.63) is 65.0 Å². The molecular formula is C17H14FNO2. The second-order valence-corrected chi connectivity index (χ2v) is 5.12. The van der Waals surface area contributed by atoms with Crippen molar-refractivity contribution in [3.63, 3.8) is 0 Å². The zero-order valence-corrected chi connectivity index (χ0v) is 11.4. The SMILES string of the molecule is O=C1CCc2cc(C(=O)Cc3ccccc3)c(F)cc2N1. The number of fused-ring (bicyclic) bond motifs is 1. The van der Waals surface area contributed by atoms with Crippen LogP contribution in [-0.4, -0.2) is 11.7 Å². The van der Waals surface area contributed by atoms with E-state index in [2.05, 4.69) is 5.32 Å². The molecule has 1 aliphatic rings. The third-order valence-electron chi connectivity index (χ3n) is 3.60. The zero-order chi connectivity index (χ0) is 14.8. The molecule has 0 saturated heterocycles. The molecule has 1 amide bonds. The van der Waals surface area contributed by atoms with E-state index in [4.69, 9.17) is 0 Å². The number of amides is 1. The lowest BCUT2D eigenvalue weighted by molar-refractivity contribution is -0.116. The molecule has 0 saturated carbocycles. The Labute approximate surface area is 121 Å². The fourth-order valence-corrected chi connectivity index (χ4v) is 2.49. The van der Waals surface area contributed by atoms with Gasteiger partial charge in [0.25, 0.3) is 0 Å². The van der Waals surface area contributed by atoms with Gasteiger partial charge >= 0.3 is 0 Å². The van der Waals surface area contributed by atoms with Crippen LogP contribution in [0.15, 0.2) is 42.5 Å². The molecule has 1 heterocycles. The number of halogens is 1. The standard InChI is InChI=1S/C17H14FNO2/c18-14-10-15-12(6-7-17(21)19-15)9-13(14)16(20)8-11-4-2-1-3-5-11/h1-5,9-10H,6-8H2,(H,19,21). The minimum atomic E-state index is -0.586. The molecule has 4 heteroatoms. The average molecular weight is 283 g/mol. The van der Waals surface area contributed by atoms with E-state index in [-0.39, 0.29) is 23.7 Å². The summed E-state index contributed by atoms with van der Waals surface area (Å²) in [5, 5.41) is 2.63. The fraction of sp³-hybridized carbons (Fsp3) is 0.176. The summed E-state index contributed by atoms with van der Waals surface area (Å²) in [6.07, 6.45) is 1.07. The number of carbonyl (C=O) groups is 2. The minimum absolute atomic E-state index is 0.0914. The van der Waals surface area contributed by atoms with E-state index in [1.165, 1.54) is 6.07 Å². The van der Waals surface area contributed by atoms with E-state index in [9.17, 15) is 14.0 Å². The number of rotatable bonds is 3. The number of carbonyl (C=O) groups excluding carboxylic acids is 2. The summed E-state index contributed by atoms with van der Waals surface area (Å²) in [6.45, 7) is 0. The van der Waals surface area contributed by atoms with Crippen molar-refractivity contribution in [1.29, 1.82) is 0 Å². The van der Waals surface area contributed by atoms with Gasteiger partial charge < -0.3 is 5.32 Å². The predicted octanol–water partition coefficient (Wildman–Crippen LogP) is 3.14. The van der Waals surface area contributed by atoms with Crippen LogP contribution in [0, 0.1) is 5.82 Å². The van der Waals surface area contributed by atoms with Gasteiger partial charge in [0.05, 0.1) is 5.56 Å². The summed E-state index contributed by atoms with van der Waals surface area (Å²) in [7, 11) is 0. The summed E-state index contributed by atoms with van der Waals surface area (Å²) in [6, 6.07) is 12.1. The predicted molar refractivity (Wildman–Crippen MR) is 77.8 cm³/mol. The number of hydrogen-bond acceptors (Lipinski definition) is 2. The van der Waals surface area contributed by atoms with Gasteiger partial charge in [-0.15, -0.1) is 0 Å². The lowest BCUT2D eigenvalue weighted by Crippen LogP contribution is -2.20. The molecule has 0 bridgehead atoms. The summed E-state index contributed by atoms with van der Waals surface area (Å²) in [5.41, 5.74) is 2.23. The Balaban J connectivity index is 1.88. The summed E-state index contributed by atoms with van der Waals surface area (Å²) in [5.74, 6) is -0.958. The van der Waals surface area contributed by atoms with Crippen LogP contribution in [0.4, 0.5) is 10.1 Å². The van der Waals surface area contributed by atoms with E-state index in [1.807, 2.05) is 30.3 Å². The Morgan fingerprint density at radius 2 is 1.90 bits per heavy atom. The van der Waals surface area contributed by atoms with Crippen molar-refractivity contribution in [2.75, 3.05) is 5.32 Å². The lowest BCUT2D eigenvalue weighted by Gasteiger charge is -2.18. The average Bonchev–Trinajstić information content (AvgIpc) is 2.47. The highest BCUT2D eigenvalue weighted by molar-refractivity contribution is 6.00. The van der Waals surface area contributed by atoms with Crippen molar-refractivity contribution in [1.82, 2.24) is 0 Å². The molecule has 0 atom stereocenters. The molecular weight excluding hydrogens is 269 g/mol. The number of hydrogen-bond donors (Lipinski definition) is 1. The molecule has 2 aromatic rings. The molecule has 106 valence electrons. The van der Waals surface area contributed by atoms with E-state index >= 15 is 0 Å². The highest BCUT2D eigenvalue weighted by atomic mass is 19.1. The van der Waals surface area contributed by atoms with Crippen LogP contribution in [0.3, 0.4) is 0 Å². The molecule has 0 fully saturated rings.